The molecule has 1 saturated heterocycles. The molecule has 0 saturated carbocycles. The van der Waals surface area contributed by atoms with E-state index in [2.05, 4.69) is 5.32 Å². The molecule has 0 aliphatic carbocycles. The number of amides is 3. The topological polar surface area (TPSA) is 144 Å². The third-order valence-corrected chi connectivity index (χ3v) is 6.10. The highest BCUT2D eigenvalue weighted by molar-refractivity contribution is 7.91. The quantitative estimate of drug-likeness (QED) is 0.425. The molecule has 3 amide bonds. The van der Waals surface area contributed by atoms with Gasteiger partial charge in [-0.2, -0.15) is 0 Å². The maximum absolute atomic E-state index is 12.4. The van der Waals surface area contributed by atoms with Crippen LogP contribution in [-0.2, 0) is 14.6 Å². The molecular formula is C15H15N3O7S. The zero-order chi connectivity index (χ0) is 19.1. The van der Waals surface area contributed by atoms with Gasteiger partial charge in [0.2, 0.25) is 5.91 Å². The van der Waals surface area contributed by atoms with Gasteiger partial charge in [0.05, 0.1) is 22.0 Å². The largest absolute Gasteiger partial charge is 0.352 e. The van der Waals surface area contributed by atoms with Crippen LogP contribution < -0.4 is 5.32 Å². The van der Waals surface area contributed by atoms with E-state index in [1.807, 2.05) is 0 Å². The fourth-order valence-electron chi connectivity index (χ4n) is 3.09. The van der Waals surface area contributed by atoms with Crippen molar-refractivity contribution in [1.29, 1.82) is 0 Å². The third-order valence-electron chi connectivity index (χ3n) is 4.33. The van der Waals surface area contributed by atoms with Gasteiger partial charge in [-0.15, -0.1) is 0 Å². The molecule has 1 fully saturated rings. The number of fused-ring (bicyclic) bond motifs is 1. The second-order valence-electron chi connectivity index (χ2n) is 6.14. The number of carbonyl (C=O) groups is 3. The number of nitrogens with zero attached hydrogens (tertiary/aromatic N) is 2. The highest BCUT2D eigenvalue weighted by Crippen LogP contribution is 2.30. The smallest absolute Gasteiger partial charge is 0.282 e. The van der Waals surface area contributed by atoms with E-state index in [0.717, 1.165) is 11.0 Å². The molecule has 0 aromatic heterocycles. The van der Waals surface area contributed by atoms with Crippen LogP contribution in [0.25, 0.3) is 0 Å². The second-order valence-corrected chi connectivity index (χ2v) is 8.36. The van der Waals surface area contributed by atoms with Crippen molar-refractivity contribution in [2.75, 3.05) is 18.1 Å². The van der Waals surface area contributed by atoms with Crippen molar-refractivity contribution in [2.45, 2.75) is 18.9 Å². The van der Waals surface area contributed by atoms with Crippen LogP contribution in [0.5, 0.6) is 0 Å². The molecule has 2 heterocycles. The monoisotopic (exact) mass is 381 g/mol. The van der Waals surface area contributed by atoms with E-state index >= 15 is 0 Å². The summed E-state index contributed by atoms with van der Waals surface area (Å²) in [4.78, 5) is 47.7. The lowest BCUT2D eigenvalue weighted by molar-refractivity contribution is -0.385. The second kappa shape index (κ2) is 6.48. The van der Waals surface area contributed by atoms with Crippen LogP contribution in [0, 0.1) is 10.1 Å². The molecule has 138 valence electrons. The van der Waals surface area contributed by atoms with Crippen LogP contribution in [0.15, 0.2) is 18.2 Å². The summed E-state index contributed by atoms with van der Waals surface area (Å²) in [5.74, 6) is -2.10. The number of benzene rings is 1. The minimum Gasteiger partial charge on any atom is -0.352 e. The zero-order valence-corrected chi connectivity index (χ0v) is 14.3. The van der Waals surface area contributed by atoms with E-state index in [1.54, 1.807) is 0 Å². The standard InChI is InChI=1S/C15H15N3O7S/c19-12(16-9-5-7-26(24,25)8-9)4-6-17-14(20)10-2-1-3-11(18(22)23)13(10)15(17)21/h1-3,9H,4-8H2,(H,16,19)/t9-/m1/s1. The summed E-state index contributed by atoms with van der Waals surface area (Å²) in [6, 6.07) is 3.31. The molecule has 0 unspecified atom stereocenters. The fraction of sp³-hybridized carbons (Fsp3) is 0.400. The van der Waals surface area contributed by atoms with Gasteiger partial charge < -0.3 is 5.32 Å². The molecule has 1 N–H and O–H groups in total. The predicted molar refractivity (Wildman–Crippen MR) is 88.3 cm³/mol. The lowest BCUT2D eigenvalue weighted by Gasteiger charge is -2.15. The molecule has 2 aliphatic rings. The third kappa shape index (κ3) is 3.29. The first-order chi connectivity index (χ1) is 12.2. The molecule has 10 nitrogen and oxygen atoms in total. The zero-order valence-electron chi connectivity index (χ0n) is 13.5. The molecule has 1 aromatic rings. The van der Waals surface area contributed by atoms with Gasteiger partial charge in [0.15, 0.2) is 9.84 Å². The Morgan fingerprint density at radius 2 is 2.04 bits per heavy atom. The van der Waals surface area contributed by atoms with Crippen LogP contribution in [0.3, 0.4) is 0 Å². The number of hydrogen-bond acceptors (Lipinski definition) is 7. The summed E-state index contributed by atoms with van der Waals surface area (Å²) in [5, 5.41) is 13.6. The van der Waals surface area contributed by atoms with Gasteiger partial charge in [-0.05, 0) is 12.5 Å². The Morgan fingerprint density at radius 1 is 1.31 bits per heavy atom. The number of hydrogen-bond donors (Lipinski definition) is 1. The van der Waals surface area contributed by atoms with Crippen LogP contribution in [0.4, 0.5) is 5.69 Å². The van der Waals surface area contributed by atoms with Crippen molar-refractivity contribution in [3.8, 4) is 0 Å². The van der Waals surface area contributed by atoms with Crippen LogP contribution >= 0.6 is 0 Å². The van der Waals surface area contributed by atoms with Crippen molar-refractivity contribution in [2.24, 2.45) is 0 Å². The fourth-order valence-corrected chi connectivity index (χ4v) is 4.77. The molecule has 11 heteroatoms. The maximum atomic E-state index is 12.4. The number of nitrogens with one attached hydrogen (secondary N) is 1. The van der Waals surface area contributed by atoms with Gasteiger partial charge in [-0.1, -0.05) is 6.07 Å². The Balaban J connectivity index is 1.65. The summed E-state index contributed by atoms with van der Waals surface area (Å²) in [5.41, 5.74) is -0.791. The Hall–Kier alpha value is -2.82. The van der Waals surface area contributed by atoms with Gasteiger partial charge in [0.25, 0.3) is 17.5 Å². The lowest BCUT2D eigenvalue weighted by atomic mass is 10.1. The molecule has 2 aliphatic heterocycles. The SMILES string of the molecule is O=C(CCN1C(=O)c2cccc([N+](=O)[O-])c2C1=O)N[C@@H]1CCS(=O)(=O)C1. The van der Waals surface area contributed by atoms with E-state index in [4.69, 9.17) is 0 Å². The van der Waals surface area contributed by atoms with Crippen LogP contribution in [0.1, 0.15) is 33.6 Å². The molecular weight excluding hydrogens is 366 g/mol. The van der Waals surface area contributed by atoms with Crippen molar-refractivity contribution >= 4 is 33.2 Å². The summed E-state index contributed by atoms with van der Waals surface area (Å²) >= 11 is 0. The number of imide groups is 1. The number of carbonyl (C=O) groups excluding carboxylic acids is 3. The summed E-state index contributed by atoms with van der Waals surface area (Å²) in [7, 11) is -3.14. The Kier molecular flexibility index (Phi) is 4.48. The van der Waals surface area contributed by atoms with Crippen LogP contribution in [0.2, 0.25) is 0 Å². The lowest BCUT2D eigenvalue weighted by Crippen LogP contribution is -2.39. The van der Waals surface area contributed by atoms with Gasteiger partial charge in [0, 0.05) is 25.1 Å². The average molecular weight is 381 g/mol. The maximum Gasteiger partial charge on any atom is 0.282 e. The minimum absolute atomic E-state index is 0.0139. The number of nitro groups is 1. The van der Waals surface area contributed by atoms with Gasteiger partial charge in [-0.3, -0.25) is 29.4 Å². The van der Waals surface area contributed by atoms with E-state index in [0.29, 0.717) is 6.42 Å². The Labute approximate surface area is 148 Å². The van der Waals surface area contributed by atoms with E-state index < -0.39 is 44.2 Å². The van der Waals surface area contributed by atoms with Crippen molar-refractivity contribution in [1.82, 2.24) is 10.2 Å². The number of rotatable bonds is 5. The molecule has 1 aromatic carbocycles. The average Bonchev–Trinajstić information content (AvgIpc) is 3.03. The van der Waals surface area contributed by atoms with Crippen molar-refractivity contribution < 1.29 is 27.7 Å². The highest BCUT2D eigenvalue weighted by Gasteiger charge is 2.41. The molecule has 3 rings (SSSR count). The number of nitro benzene ring substituents is 1. The van der Waals surface area contributed by atoms with Crippen molar-refractivity contribution in [3.05, 3.63) is 39.4 Å². The van der Waals surface area contributed by atoms with Crippen LogP contribution in [-0.4, -0.2) is 60.1 Å². The summed E-state index contributed by atoms with van der Waals surface area (Å²) in [6.07, 6.45) is 0.114. The summed E-state index contributed by atoms with van der Waals surface area (Å²) < 4.78 is 22.8. The highest BCUT2D eigenvalue weighted by atomic mass is 32.2. The van der Waals surface area contributed by atoms with Gasteiger partial charge >= 0.3 is 0 Å². The normalized spacial score (nSPS) is 20.9. The number of sulfone groups is 1. The molecule has 0 radical (unpaired) electrons. The van der Waals surface area contributed by atoms with E-state index in [-0.39, 0.29) is 35.6 Å². The molecule has 1 atom stereocenters. The minimum atomic E-state index is -3.14. The van der Waals surface area contributed by atoms with E-state index in [1.165, 1.54) is 12.1 Å². The van der Waals surface area contributed by atoms with Gasteiger partial charge in [0.1, 0.15) is 5.56 Å². The van der Waals surface area contributed by atoms with Gasteiger partial charge in [-0.25, -0.2) is 8.42 Å². The van der Waals surface area contributed by atoms with E-state index in [9.17, 15) is 32.9 Å². The molecule has 0 bridgehead atoms. The molecule has 26 heavy (non-hydrogen) atoms. The molecule has 0 spiro atoms. The first-order valence-electron chi connectivity index (χ1n) is 7.83. The Bertz CT molecular complexity index is 925. The Morgan fingerprint density at radius 3 is 2.65 bits per heavy atom. The predicted octanol–water partition coefficient (Wildman–Crippen LogP) is -0.116. The van der Waals surface area contributed by atoms with Crippen molar-refractivity contribution in [3.63, 3.8) is 0 Å². The first kappa shape index (κ1) is 18.0. The first-order valence-corrected chi connectivity index (χ1v) is 9.65. The summed E-state index contributed by atoms with van der Waals surface area (Å²) in [6.45, 7) is -0.241.